The first-order valence-corrected chi connectivity index (χ1v) is 6.12. The number of fused-ring (bicyclic) bond motifs is 1. The van der Waals surface area contributed by atoms with Crippen LogP contribution >= 0.6 is 0 Å². The molecule has 20 heavy (non-hydrogen) atoms. The van der Waals surface area contributed by atoms with Crippen LogP contribution in [0.4, 0.5) is 10.5 Å². The van der Waals surface area contributed by atoms with E-state index in [0.717, 1.165) is 0 Å². The van der Waals surface area contributed by atoms with Gasteiger partial charge < -0.3 is 24.8 Å². The molecular weight excluding hydrogens is 264 g/mol. The molecule has 7 nitrogen and oxygen atoms in total. The SMILES string of the molecule is CC(CN(C)C(=O)Nc1ccc2c(c1)OCO2)C(=O)O. The molecule has 0 aromatic heterocycles. The van der Waals surface area contributed by atoms with Gasteiger partial charge in [0.2, 0.25) is 6.79 Å². The minimum atomic E-state index is -0.937. The molecule has 0 saturated carbocycles. The van der Waals surface area contributed by atoms with E-state index in [2.05, 4.69) is 5.32 Å². The Hall–Kier alpha value is -2.44. The highest BCUT2D eigenvalue weighted by Gasteiger charge is 2.18. The summed E-state index contributed by atoms with van der Waals surface area (Å²) in [5, 5.41) is 11.5. The molecule has 1 atom stereocenters. The second kappa shape index (κ2) is 5.68. The molecule has 7 heteroatoms. The van der Waals surface area contributed by atoms with Crippen molar-refractivity contribution < 1.29 is 24.2 Å². The summed E-state index contributed by atoms with van der Waals surface area (Å²) in [5.41, 5.74) is 0.564. The first kappa shape index (κ1) is 14.0. The van der Waals surface area contributed by atoms with Gasteiger partial charge in [-0.1, -0.05) is 6.92 Å². The van der Waals surface area contributed by atoms with Crippen LogP contribution in [0, 0.1) is 5.92 Å². The van der Waals surface area contributed by atoms with Crippen molar-refractivity contribution in [3.05, 3.63) is 18.2 Å². The number of hydrogen-bond acceptors (Lipinski definition) is 4. The Morgan fingerprint density at radius 2 is 2.10 bits per heavy atom. The van der Waals surface area contributed by atoms with Crippen molar-refractivity contribution in [3.63, 3.8) is 0 Å². The number of anilines is 1. The third kappa shape index (κ3) is 3.11. The second-order valence-electron chi connectivity index (χ2n) is 4.62. The summed E-state index contributed by atoms with van der Waals surface area (Å²) in [5.74, 6) is -0.351. The van der Waals surface area contributed by atoms with E-state index in [1.807, 2.05) is 0 Å². The van der Waals surface area contributed by atoms with Crippen molar-refractivity contribution in [2.45, 2.75) is 6.92 Å². The highest BCUT2D eigenvalue weighted by Crippen LogP contribution is 2.34. The zero-order valence-electron chi connectivity index (χ0n) is 11.3. The number of urea groups is 1. The molecule has 2 N–H and O–H groups in total. The maximum Gasteiger partial charge on any atom is 0.321 e. The first-order valence-electron chi connectivity index (χ1n) is 6.12. The van der Waals surface area contributed by atoms with Crippen LogP contribution in [0.5, 0.6) is 11.5 Å². The Labute approximate surface area is 116 Å². The minimum absolute atomic E-state index is 0.131. The molecule has 0 saturated heterocycles. The van der Waals surface area contributed by atoms with Crippen LogP contribution < -0.4 is 14.8 Å². The Balaban J connectivity index is 1.95. The predicted octanol–water partition coefficient (Wildman–Crippen LogP) is 1.60. The number of nitrogens with zero attached hydrogens (tertiary/aromatic N) is 1. The number of rotatable bonds is 4. The number of carboxylic acids is 1. The van der Waals surface area contributed by atoms with E-state index < -0.39 is 11.9 Å². The number of carboxylic acid groups (broad SMARTS) is 1. The molecule has 0 fully saturated rings. The zero-order chi connectivity index (χ0) is 14.7. The average molecular weight is 280 g/mol. The standard InChI is InChI=1S/C13H16N2O5/c1-8(12(16)17)6-15(2)13(18)14-9-3-4-10-11(5-9)20-7-19-10/h3-5,8H,6-7H2,1-2H3,(H,14,18)(H,16,17). The molecule has 0 radical (unpaired) electrons. The van der Waals surface area contributed by atoms with Gasteiger partial charge in [0.25, 0.3) is 0 Å². The van der Waals surface area contributed by atoms with Crippen molar-refractivity contribution >= 4 is 17.7 Å². The summed E-state index contributed by atoms with van der Waals surface area (Å²) in [6.07, 6.45) is 0. The van der Waals surface area contributed by atoms with Crippen molar-refractivity contribution in [1.82, 2.24) is 4.90 Å². The van der Waals surface area contributed by atoms with Gasteiger partial charge in [0, 0.05) is 25.3 Å². The summed E-state index contributed by atoms with van der Waals surface area (Å²) < 4.78 is 10.4. The van der Waals surface area contributed by atoms with Crippen molar-refractivity contribution in [3.8, 4) is 11.5 Å². The van der Waals surface area contributed by atoms with Gasteiger partial charge >= 0.3 is 12.0 Å². The molecule has 1 aliphatic rings. The van der Waals surface area contributed by atoms with E-state index in [1.54, 1.807) is 32.2 Å². The number of hydrogen-bond donors (Lipinski definition) is 2. The van der Waals surface area contributed by atoms with Gasteiger partial charge in [0.1, 0.15) is 0 Å². The summed E-state index contributed by atoms with van der Waals surface area (Å²) in [4.78, 5) is 24.0. The number of nitrogens with one attached hydrogen (secondary N) is 1. The Morgan fingerprint density at radius 3 is 2.80 bits per heavy atom. The maximum atomic E-state index is 11.9. The smallest absolute Gasteiger partial charge is 0.321 e. The van der Waals surface area contributed by atoms with E-state index in [0.29, 0.717) is 17.2 Å². The zero-order valence-corrected chi connectivity index (χ0v) is 11.3. The molecule has 1 aromatic rings. The number of carbonyl (C=O) groups excluding carboxylic acids is 1. The molecule has 0 spiro atoms. The highest BCUT2D eigenvalue weighted by atomic mass is 16.7. The number of benzene rings is 1. The van der Waals surface area contributed by atoms with Gasteiger partial charge in [0.15, 0.2) is 11.5 Å². The van der Waals surface area contributed by atoms with E-state index in [1.165, 1.54) is 4.90 Å². The fourth-order valence-electron chi connectivity index (χ4n) is 1.76. The summed E-state index contributed by atoms with van der Waals surface area (Å²) in [7, 11) is 1.54. The van der Waals surface area contributed by atoms with Crippen LogP contribution in [-0.4, -0.2) is 42.4 Å². The number of carbonyl (C=O) groups is 2. The molecular formula is C13H16N2O5. The molecule has 2 amide bonds. The van der Waals surface area contributed by atoms with E-state index in [-0.39, 0.29) is 19.4 Å². The lowest BCUT2D eigenvalue weighted by molar-refractivity contribution is -0.141. The van der Waals surface area contributed by atoms with Crippen LogP contribution in [0.15, 0.2) is 18.2 Å². The van der Waals surface area contributed by atoms with Crippen LogP contribution in [-0.2, 0) is 4.79 Å². The van der Waals surface area contributed by atoms with E-state index >= 15 is 0 Å². The molecule has 1 aliphatic heterocycles. The number of ether oxygens (including phenoxy) is 2. The van der Waals surface area contributed by atoms with E-state index in [9.17, 15) is 9.59 Å². The van der Waals surface area contributed by atoms with Crippen LogP contribution in [0.25, 0.3) is 0 Å². The Kier molecular flexibility index (Phi) is 3.97. The summed E-state index contributed by atoms with van der Waals surface area (Å²) >= 11 is 0. The van der Waals surface area contributed by atoms with Gasteiger partial charge in [-0.15, -0.1) is 0 Å². The largest absolute Gasteiger partial charge is 0.481 e. The van der Waals surface area contributed by atoms with Crippen molar-refractivity contribution in [2.24, 2.45) is 5.92 Å². The quantitative estimate of drug-likeness (QED) is 0.874. The molecule has 108 valence electrons. The number of aliphatic carboxylic acids is 1. The van der Waals surface area contributed by atoms with Crippen molar-refractivity contribution in [1.29, 1.82) is 0 Å². The third-order valence-corrected chi connectivity index (χ3v) is 2.94. The molecule has 1 unspecified atom stereocenters. The Bertz CT molecular complexity index is 531. The lowest BCUT2D eigenvalue weighted by atomic mass is 10.2. The summed E-state index contributed by atoms with van der Waals surface area (Å²) in [6, 6.07) is 4.68. The van der Waals surface area contributed by atoms with Crippen LogP contribution in [0.3, 0.4) is 0 Å². The maximum absolute atomic E-state index is 11.9. The Morgan fingerprint density at radius 1 is 1.40 bits per heavy atom. The second-order valence-corrected chi connectivity index (χ2v) is 4.62. The van der Waals surface area contributed by atoms with E-state index in [4.69, 9.17) is 14.6 Å². The average Bonchev–Trinajstić information content (AvgIpc) is 2.85. The fraction of sp³-hybridized carbons (Fsp3) is 0.385. The molecule has 1 aromatic carbocycles. The van der Waals surface area contributed by atoms with Gasteiger partial charge in [-0.3, -0.25) is 4.79 Å². The van der Waals surface area contributed by atoms with Gasteiger partial charge in [0.05, 0.1) is 5.92 Å². The lowest BCUT2D eigenvalue weighted by Crippen LogP contribution is -2.36. The third-order valence-electron chi connectivity index (χ3n) is 2.94. The van der Waals surface area contributed by atoms with Crippen LogP contribution in [0.2, 0.25) is 0 Å². The lowest BCUT2D eigenvalue weighted by Gasteiger charge is -2.20. The van der Waals surface area contributed by atoms with Crippen molar-refractivity contribution in [2.75, 3.05) is 25.7 Å². The van der Waals surface area contributed by atoms with Gasteiger partial charge in [-0.25, -0.2) is 4.79 Å². The van der Waals surface area contributed by atoms with Gasteiger partial charge in [-0.2, -0.15) is 0 Å². The predicted molar refractivity (Wildman–Crippen MR) is 71.0 cm³/mol. The highest BCUT2D eigenvalue weighted by molar-refractivity contribution is 5.89. The summed E-state index contributed by atoms with van der Waals surface area (Å²) in [6.45, 7) is 1.85. The molecule has 0 aliphatic carbocycles. The molecule has 1 heterocycles. The fourth-order valence-corrected chi connectivity index (χ4v) is 1.76. The minimum Gasteiger partial charge on any atom is -0.481 e. The molecule has 0 bridgehead atoms. The number of amides is 2. The first-order chi connectivity index (χ1) is 9.47. The normalized spacial score (nSPS) is 13.7. The monoisotopic (exact) mass is 280 g/mol. The van der Waals surface area contributed by atoms with Gasteiger partial charge in [-0.05, 0) is 12.1 Å². The topological polar surface area (TPSA) is 88.1 Å². The molecule has 2 rings (SSSR count). The van der Waals surface area contributed by atoms with Crippen LogP contribution in [0.1, 0.15) is 6.92 Å².